The van der Waals surface area contributed by atoms with Gasteiger partial charge in [0.2, 0.25) is 5.91 Å². The summed E-state index contributed by atoms with van der Waals surface area (Å²) in [4.78, 5) is 13.8. The first-order valence-corrected chi connectivity index (χ1v) is 9.22. The summed E-state index contributed by atoms with van der Waals surface area (Å²) in [5.74, 6) is 0.00199. The third-order valence-electron chi connectivity index (χ3n) is 4.07. The fourth-order valence-corrected chi connectivity index (χ4v) is 2.51. The van der Waals surface area contributed by atoms with Crippen molar-refractivity contribution in [2.24, 2.45) is 5.10 Å². The van der Waals surface area contributed by atoms with E-state index < -0.39 is 0 Å². The second kappa shape index (κ2) is 12.6. The zero-order valence-electron chi connectivity index (χ0n) is 15.6. The normalized spacial score (nSPS) is 11.0. The summed E-state index contributed by atoms with van der Waals surface area (Å²) in [5, 5.41) is 4.03. The monoisotopic (exact) mass is 331 g/mol. The highest BCUT2D eigenvalue weighted by Gasteiger charge is 1.99. The summed E-state index contributed by atoms with van der Waals surface area (Å²) in [6.45, 7) is 2.24. The first-order valence-electron chi connectivity index (χ1n) is 9.22. The molecule has 0 saturated carbocycles. The quantitative estimate of drug-likeness (QED) is 0.342. The highest BCUT2D eigenvalue weighted by atomic mass is 16.2. The van der Waals surface area contributed by atoms with E-state index in [-0.39, 0.29) is 5.91 Å². The van der Waals surface area contributed by atoms with E-state index in [1.807, 2.05) is 43.3 Å². The molecule has 0 spiro atoms. The van der Waals surface area contributed by atoms with Crippen molar-refractivity contribution in [1.29, 1.82) is 0 Å². The molecule has 1 N–H and O–H groups in total. The smallest absolute Gasteiger partial charge is 0.240 e. The molecule has 4 heteroatoms. The Labute approximate surface area is 147 Å². The van der Waals surface area contributed by atoms with Crippen molar-refractivity contribution >= 4 is 17.8 Å². The molecule has 0 fully saturated rings. The molecule has 0 saturated heterocycles. The highest BCUT2D eigenvalue weighted by Crippen LogP contribution is 2.11. The lowest BCUT2D eigenvalue weighted by molar-refractivity contribution is -0.121. The van der Waals surface area contributed by atoms with Gasteiger partial charge in [0, 0.05) is 26.2 Å². The molecule has 0 heterocycles. The summed E-state index contributed by atoms with van der Waals surface area (Å²) in [7, 11) is 4.02. The van der Waals surface area contributed by atoms with E-state index in [0.717, 1.165) is 24.1 Å². The topological polar surface area (TPSA) is 44.7 Å². The van der Waals surface area contributed by atoms with Gasteiger partial charge in [-0.15, -0.1) is 0 Å². The lowest BCUT2D eigenvalue weighted by atomic mass is 10.1. The largest absolute Gasteiger partial charge is 0.378 e. The molecule has 0 aliphatic heterocycles. The predicted molar refractivity (Wildman–Crippen MR) is 104 cm³/mol. The molecule has 1 rings (SSSR count). The standard InChI is InChI=1S/C20H33N3O/c1-4-5-6-7-8-9-10-11-12-20(24)22-21-17-18-13-15-19(16-14-18)23(2)3/h13-17H,4-12H2,1-3H3,(H,22,24)/b21-17+. The average Bonchev–Trinajstić information content (AvgIpc) is 2.57. The van der Waals surface area contributed by atoms with E-state index in [1.54, 1.807) is 6.21 Å². The molecule has 24 heavy (non-hydrogen) atoms. The van der Waals surface area contributed by atoms with Gasteiger partial charge in [-0.25, -0.2) is 5.43 Å². The molecular weight excluding hydrogens is 298 g/mol. The van der Waals surface area contributed by atoms with Crippen molar-refractivity contribution in [3.63, 3.8) is 0 Å². The van der Waals surface area contributed by atoms with Crippen LogP contribution in [0.1, 0.15) is 70.3 Å². The number of hydrogen-bond donors (Lipinski definition) is 1. The van der Waals surface area contributed by atoms with Crippen LogP contribution in [0.2, 0.25) is 0 Å². The number of unbranched alkanes of at least 4 members (excludes halogenated alkanes) is 7. The van der Waals surface area contributed by atoms with Gasteiger partial charge >= 0.3 is 0 Å². The Bertz CT molecular complexity index is 480. The van der Waals surface area contributed by atoms with E-state index in [9.17, 15) is 4.79 Å². The fourth-order valence-electron chi connectivity index (χ4n) is 2.51. The fraction of sp³-hybridized carbons (Fsp3) is 0.600. The number of nitrogens with one attached hydrogen (secondary N) is 1. The Morgan fingerprint density at radius 3 is 2.17 bits per heavy atom. The minimum absolute atomic E-state index is 0.00199. The minimum Gasteiger partial charge on any atom is -0.378 e. The number of benzene rings is 1. The molecule has 0 radical (unpaired) electrons. The molecule has 1 aromatic carbocycles. The van der Waals surface area contributed by atoms with Crippen LogP contribution in [0.4, 0.5) is 5.69 Å². The van der Waals surface area contributed by atoms with Crippen LogP contribution >= 0.6 is 0 Å². The number of amides is 1. The Balaban J connectivity index is 2.10. The van der Waals surface area contributed by atoms with Gasteiger partial charge in [0.1, 0.15) is 0 Å². The molecule has 0 aliphatic carbocycles. The average molecular weight is 332 g/mol. The van der Waals surface area contributed by atoms with Gasteiger partial charge in [-0.2, -0.15) is 5.10 Å². The lowest BCUT2D eigenvalue weighted by Gasteiger charge is -2.11. The Morgan fingerprint density at radius 1 is 1.00 bits per heavy atom. The Kier molecular flexibility index (Phi) is 10.6. The van der Waals surface area contributed by atoms with Crippen LogP contribution in [0.25, 0.3) is 0 Å². The molecule has 1 amide bonds. The SMILES string of the molecule is CCCCCCCCCCC(=O)N/N=C/c1ccc(N(C)C)cc1. The number of anilines is 1. The second-order valence-electron chi connectivity index (χ2n) is 6.50. The third kappa shape index (κ3) is 9.33. The number of hydrogen-bond acceptors (Lipinski definition) is 3. The highest BCUT2D eigenvalue weighted by molar-refractivity contribution is 5.82. The van der Waals surface area contributed by atoms with E-state index in [2.05, 4.69) is 17.5 Å². The number of nitrogens with zero attached hydrogens (tertiary/aromatic N) is 2. The number of carbonyl (C=O) groups is 1. The van der Waals surface area contributed by atoms with Crippen molar-refractivity contribution in [3.8, 4) is 0 Å². The lowest BCUT2D eigenvalue weighted by Crippen LogP contribution is -2.16. The van der Waals surface area contributed by atoms with Gasteiger partial charge in [-0.3, -0.25) is 4.79 Å². The summed E-state index contributed by atoms with van der Waals surface area (Å²) in [6.07, 6.45) is 12.2. The van der Waals surface area contributed by atoms with Crippen molar-refractivity contribution in [2.45, 2.75) is 64.7 Å². The van der Waals surface area contributed by atoms with Crippen molar-refractivity contribution in [3.05, 3.63) is 29.8 Å². The van der Waals surface area contributed by atoms with Crippen LogP contribution in [-0.2, 0) is 4.79 Å². The maximum Gasteiger partial charge on any atom is 0.240 e. The van der Waals surface area contributed by atoms with Crippen LogP contribution in [0, 0.1) is 0 Å². The van der Waals surface area contributed by atoms with Crippen LogP contribution in [0.3, 0.4) is 0 Å². The number of hydrazone groups is 1. The van der Waals surface area contributed by atoms with Crippen molar-refractivity contribution in [2.75, 3.05) is 19.0 Å². The molecule has 0 aliphatic rings. The summed E-state index contributed by atoms with van der Waals surface area (Å²) >= 11 is 0. The molecule has 0 unspecified atom stereocenters. The first kappa shape index (κ1) is 20.2. The predicted octanol–water partition coefficient (Wildman–Crippen LogP) is 4.73. The maximum atomic E-state index is 11.7. The van der Waals surface area contributed by atoms with E-state index in [0.29, 0.717) is 6.42 Å². The summed E-state index contributed by atoms with van der Waals surface area (Å²) in [5.41, 5.74) is 4.73. The zero-order chi connectivity index (χ0) is 17.6. The van der Waals surface area contributed by atoms with Crippen LogP contribution in [0.5, 0.6) is 0 Å². The van der Waals surface area contributed by atoms with Gasteiger partial charge < -0.3 is 4.90 Å². The van der Waals surface area contributed by atoms with E-state index >= 15 is 0 Å². The molecule has 0 bridgehead atoms. The van der Waals surface area contributed by atoms with Gasteiger partial charge in [-0.05, 0) is 24.1 Å². The number of carbonyl (C=O) groups excluding carboxylic acids is 1. The molecule has 4 nitrogen and oxygen atoms in total. The zero-order valence-corrected chi connectivity index (χ0v) is 15.6. The second-order valence-corrected chi connectivity index (χ2v) is 6.50. The van der Waals surface area contributed by atoms with Crippen molar-refractivity contribution < 1.29 is 4.79 Å². The Hall–Kier alpha value is -1.84. The third-order valence-corrected chi connectivity index (χ3v) is 4.07. The first-order chi connectivity index (χ1) is 11.6. The molecular formula is C20H33N3O. The molecule has 134 valence electrons. The summed E-state index contributed by atoms with van der Waals surface area (Å²) < 4.78 is 0. The van der Waals surface area contributed by atoms with Crippen LogP contribution < -0.4 is 10.3 Å². The molecule has 0 atom stereocenters. The Morgan fingerprint density at radius 2 is 1.58 bits per heavy atom. The number of rotatable bonds is 12. The molecule has 1 aromatic rings. The van der Waals surface area contributed by atoms with E-state index in [4.69, 9.17) is 0 Å². The van der Waals surface area contributed by atoms with E-state index in [1.165, 1.54) is 38.5 Å². The van der Waals surface area contributed by atoms with Crippen LogP contribution in [0.15, 0.2) is 29.4 Å². The van der Waals surface area contributed by atoms with Crippen molar-refractivity contribution in [1.82, 2.24) is 5.43 Å². The van der Waals surface area contributed by atoms with Gasteiger partial charge in [-0.1, -0.05) is 64.0 Å². The minimum atomic E-state index is 0.00199. The summed E-state index contributed by atoms with van der Waals surface area (Å²) in [6, 6.07) is 8.04. The molecule has 0 aromatic heterocycles. The van der Waals surface area contributed by atoms with Crippen LogP contribution in [-0.4, -0.2) is 26.2 Å². The maximum absolute atomic E-state index is 11.7. The van der Waals surface area contributed by atoms with Gasteiger partial charge in [0.25, 0.3) is 0 Å². The van der Waals surface area contributed by atoms with Gasteiger partial charge in [0.15, 0.2) is 0 Å². The van der Waals surface area contributed by atoms with Gasteiger partial charge in [0.05, 0.1) is 6.21 Å².